The summed E-state index contributed by atoms with van der Waals surface area (Å²) >= 11 is 1.67. The van der Waals surface area contributed by atoms with Crippen LogP contribution in [0, 0.1) is 13.8 Å². The first-order valence-electron chi connectivity index (χ1n) is 7.22. The van der Waals surface area contributed by atoms with Crippen LogP contribution in [0.3, 0.4) is 0 Å². The molecule has 0 aliphatic heterocycles. The van der Waals surface area contributed by atoms with Crippen LogP contribution >= 0.6 is 11.3 Å². The highest BCUT2D eigenvalue weighted by Crippen LogP contribution is 2.26. The second kappa shape index (κ2) is 6.98. The van der Waals surface area contributed by atoms with Gasteiger partial charge in [-0.1, -0.05) is 6.07 Å². The summed E-state index contributed by atoms with van der Waals surface area (Å²) in [5.74, 6) is 1.41. The van der Waals surface area contributed by atoms with Crippen LogP contribution in [-0.4, -0.2) is 24.2 Å². The van der Waals surface area contributed by atoms with E-state index in [1.165, 1.54) is 4.88 Å². The number of carbonyl (C=O) groups is 1. The number of carbonyl (C=O) groups excluding carboxylic acids is 1. The van der Waals surface area contributed by atoms with Crippen molar-refractivity contribution in [2.24, 2.45) is 0 Å². The molecule has 2 heterocycles. The maximum Gasteiger partial charge on any atom is 0.314 e. The van der Waals surface area contributed by atoms with E-state index in [-0.39, 0.29) is 12.6 Å². The molecule has 0 aliphatic rings. The zero-order valence-corrected chi connectivity index (χ0v) is 13.9. The number of hydrogen-bond donors (Lipinski definition) is 3. The van der Waals surface area contributed by atoms with E-state index in [1.807, 2.05) is 24.4 Å². The summed E-state index contributed by atoms with van der Waals surface area (Å²) in [6.45, 7) is 5.99. The molecular weight excluding hydrogens is 300 g/mol. The van der Waals surface area contributed by atoms with Crippen molar-refractivity contribution in [1.82, 2.24) is 10.6 Å². The van der Waals surface area contributed by atoms with Gasteiger partial charge < -0.3 is 20.2 Å². The third-order valence-corrected chi connectivity index (χ3v) is 4.39. The molecule has 6 heteroatoms. The Balaban J connectivity index is 1.78. The van der Waals surface area contributed by atoms with Crippen molar-refractivity contribution in [3.63, 3.8) is 0 Å². The Kier molecular flexibility index (Phi) is 5.26. The van der Waals surface area contributed by atoms with Gasteiger partial charge in [-0.15, -0.1) is 11.3 Å². The van der Waals surface area contributed by atoms with Gasteiger partial charge in [-0.25, -0.2) is 4.79 Å². The van der Waals surface area contributed by atoms with Gasteiger partial charge in [-0.2, -0.15) is 0 Å². The maximum absolute atomic E-state index is 11.8. The topological polar surface area (TPSA) is 74.5 Å². The largest absolute Gasteiger partial charge is 0.466 e. The highest BCUT2D eigenvalue weighted by atomic mass is 32.1. The molecule has 2 rings (SSSR count). The van der Waals surface area contributed by atoms with Crippen molar-refractivity contribution in [3.05, 3.63) is 45.5 Å². The van der Waals surface area contributed by atoms with E-state index in [9.17, 15) is 9.90 Å². The minimum atomic E-state index is -1.16. The number of hydrogen-bond acceptors (Lipinski definition) is 4. The van der Waals surface area contributed by atoms with Crippen LogP contribution in [0.5, 0.6) is 0 Å². The first kappa shape index (κ1) is 16.6. The molecule has 1 unspecified atom stereocenters. The van der Waals surface area contributed by atoms with Gasteiger partial charge in [-0.05, 0) is 44.7 Å². The molecule has 1 atom stereocenters. The summed E-state index contributed by atoms with van der Waals surface area (Å²) in [5.41, 5.74) is -0.462. The minimum Gasteiger partial charge on any atom is -0.466 e. The van der Waals surface area contributed by atoms with Crippen molar-refractivity contribution < 1.29 is 14.3 Å². The van der Waals surface area contributed by atoms with Gasteiger partial charge in [0.05, 0.1) is 6.54 Å². The Hall–Kier alpha value is -1.79. The standard InChI is InChI=1S/C16H22N2O3S/c1-11-9-14(12(2)21-11)16(3,20)10-18-15(19)17-7-6-13-5-4-8-22-13/h4-5,8-9,20H,6-7,10H2,1-3H3,(H2,17,18,19). The molecule has 0 bridgehead atoms. The fourth-order valence-electron chi connectivity index (χ4n) is 2.33. The molecule has 0 saturated heterocycles. The van der Waals surface area contributed by atoms with E-state index in [4.69, 9.17) is 4.42 Å². The third kappa shape index (κ3) is 4.35. The van der Waals surface area contributed by atoms with Crippen LogP contribution in [0.1, 0.15) is 28.9 Å². The molecule has 0 aliphatic carbocycles. The minimum absolute atomic E-state index is 0.123. The van der Waals surface area contributed by atoms with Crippen molar-refractivity contribution in [3.8, 4) is 0 Å². The fourth-order valence-corrected chi connectivity index (χ4v) is 3.04. The highest BCUT2D eigenvalue weighted by Gasteiger charge is 2.28. The second-order valence-electron chi connectivity index (χ2n) is 5.54. The Morgan fingerprint density at radius 3 is 2.77 bits per heavy atom. The normalized spacial score (nSPS) is 13.6. The Bertz CT molecular complexity index is 617. The SMILES string of the molecule is Cc1cc(C(C)(O)CNC(=O)NCCc2cccs2)c(C)o1. The summed E-state index contributed by atoms with van der Waals surface area (Å²) in [4.78, 5) is 13.0. The van der Waals surface area contributed by atoms with E-state index >= 15 is 0 Å². The number of urea groups is 1. The van der Waals surface area contributed by atoms with Crippen molar-refractivity contribution in [2.75, 3.05) is 13.1 Å². The van der Waals surface area contributed by atoms with Gasteiger partial charge in [0.25, 0.3) is 0 Å². The lowest BCUT2D eigenvalue weighted by molar-refractivity contribution is 0.0579. The lowest BCUT2D eigenvalue weighted by Gasteiger charge is -2.23. The molecule has 5 nitrogen and oxygen atoms in total. The van der Waals surface area contributed by atoms with Crippen LogP contribution in [0.2, 0.25) is 0 Å². The number of rotatable bonds is 6. The van der Waals surface area contributed by atoms with Crippen molar-refractivity contribution in [1.29, 1.82) is 0 Å². The summed E-state index contributed by atoms with van der Waals surface area (Å²) in [6.07, 6.45) is 0.807. The molecule has 2 aromatic heterocycles. The summed E-state index contributed by atoms with van der Waals surface area (Å²) < 4.78 is 5.43. The Morgan fingerprint density at radius 1 is 1.41 bits per heavy atom. The van der Waals surface area contributed by atoms with E-state index < -0.39 is 5.60 Å². The van der Waals surface area contributed by atoms with Crippen LogP contribution in [-0.2, 0) is 12.0 Å². The lowest BCUT2D eigenvalue weighted by Crippen LogP contribution is -2.44. The number of thiophene rings is 1. The van der Waals surface area contributed by atoms with Crippen molar-refractivity contribution in [2.45, 2.75) is 32.8 Å². The maximum atomic E-state index is 11.8. The molecule has 3 N–H and O–H groups in total. The van der Waals surface area contributed by atoms with Gasteiger partial charge in [0, 0.05) is 17.0 Å². The Labute approximate surface area is 134 Å². The van der Waals surface area contributed by atoms with Gasteiger partial charge in [-0.3, -0.25) is 0 Å². The van der Waals surface area contributed by atoms with Gasteiger partial charge >= 0.3 is 6.03 Å². The number of nitrogens with one attached hydrogen (secondary N) is 2. The molecule has 0 radical (unpaired) electrons. The first-order chi connectivity index (χ1) is 10.4. The van der Waals surface area contributed by atoms with E-state index in [1.54, 1.807) is 31.3 Å². The molecule has 0 fully saturated rings. The summed E-state index contributed by atoms with van der Waals surface area (Å²) in [7, 11) is 0. The molecule has 0 saturated carbocycles. The van der Waals surface area contributed by atoms with Crippen LogP contribution in [0.4, 0.5) is 4.79 Å². The number of aryl methyl sites for hydroxylation is 2. The van der Waals surface area contributed by atoms with Crippen molar-refractivity contribution >= 4 is 17.4 Å². The third-order valence-electron chi connectivity index (χ3n) is 3.45. The van der Waals surface area contributed by atoms with E-state index in [2.05, 4.69) is 10.6 Å². The van der Waals surface area contributed by atoms with Crippen LogP contribution in [0.25, 0.3) is 0 Å². The van der Waals surface area contributed by atoms with E-state index in [0.717, 1.165) is 12.2 Å². The summed E-state index contributed by atoms with van der Waals surface area (Å²) in [6, 6.07) is 5.55. The monoisotopic (exact) mass is 322 g/mol. The number of amides is 2. The molecule has 2 amide bonds. The van der Waals surface area contributed by atoms with Crippen LogP contribution in [0.15, 0.2) is 28.0 Å². The van der Waals surface area contributed by atoms with Crippen LogP contribution < -0.4 is 10.6 Å². The molecule has 0 aromatic carbocycles. The fraction of sp³-hybridized carbons (Fsp3) is 0.438. The highest BCUT2D eigenvalue weighted by molar-refractivity contribution is 7.09. The lowest BCUT2D eigenvalue weighted by atomic mass is 9.96. The second-order valence-corrected chi connectivity index (χ2v) is 6.57. The number of furan rings is 1. The molecular formula is C16H22N2O3S. The quantitative estimate of drug-likeness (QED) is 0.765. The zero-order chi connectivity index (χ0) is 16.2. The smallest absolute Gasteiger partial charge is 0.314 e. The first-order valence-corrected chi connectivity index (χ1v) is 8.10. The zero-order valence-electron chi connectivity index (χ0n) is 13.1. The average molecular weight is 322 g/mol. The van der Waals surface area contributed by atoms with Gasteiger partial charge in [0.2, 0.25) is 0 Å². The Morgan fingerprint density at radius 2 is 2.18 bits per heavy atom. The average Bonchev–Trinajstić information content (AvgIpc) is 3.06. The number of aliphatic hydroxyl groups is 1. The molecule has 0 spiro atoms. The molecule has 120 valence electrons. The van der Waals surface area contributed by atoms with Gasteiger partial charge in [0.1, 0.15) is 17.1 Å². The van der Waals surface area contributed by atoms with E-state index in [0.29, 0.717) is 17.9 Å². The predicted molar refractivity (Wildman–Crippen MR) is 87.2 cm³/mol. The molecule has 22 heavy (non-hydrogen) atoms. The summed E-state index contributed by atoms with van der Waals surface area (Å²) in [5, 5.41) is 18.0. The van der Waals surface area contributed by atoms with Gasteiger partial charge in [0.15, 0.2) is 0 Å². The predicted octanol–water partition coefficient (Wildman–Crippen LogP) is 2.71. The molecule has 2 aromatic rings.